The summed E-state index contributed by atoms with van der Waals surface area (Å²) < 4.78 is 1.15. The molecule has 20 heavy (non-hydrogen) atoms. The van der Waals surface area contributed by atoms with Gasteiger partial charge in [-0.1, -0.05) is 60.7 Å². The van der Waals surface area contributed by atoms with Crippen LogP contribution in [0.15, 0.2) is 60.7 Å². The molecule has 0 spiro atoms. The molecule has 0 atom stereocenters. The summed E-state index contributed by atoms with van der Waals surface area (Å²) in [4.78, 5) is 4.56. The monoisotopic (exact) mass is 286 g/mol. The Morgan fingerprint density at radius 1 is 0.850 bits per heavy atom. The highest BCUT2D eigenvalue weighted by atomic mass is 35.5. The van der Waals surface area contributed by atoms with E-state index in [-0.39, 0.29) is 12.4 Å². The Morgan fingerprint density at radius 2 is 1.35 bits per heavy atom. The number of aromatic nitrogens is 2. The zero-order valence-electron chi connectivity index (χ0n) is 11.0. The van der Waals surface area contributed by atoms with Gasteiger partial charge in [0, 0.05) is 11.1 Å². The number of benzene rings is 2. The van der Waals surface area contributed by atoms with Crippen molar-refractivity contribution in [1.82, 2.24) is 9.71 Å². The lowest BCUT2D eigenvalue weighted by molar-refractivity contribution is 0.185. The van der Waals surface area contributed by atoms with Crippen LogP contribution in [0.25, 0.3) is 22.6 Å². The predicted octanol–water partition coefficient (Wildman–Crippen LogP) is 4.18. The molecule has 4 heteroatoms. The van der Waals surface area contributed by atoms with Gasteiger partial charge in [-0.25, -0.2) is 4.98 Å². The Hall–Kier alpha value is -2.26. The molecule has 0 saturated heterocycles. The number of halogens is 1. The molecule has 0 amide bonds. The quantitative estimate of drug-likeness (QED) is 0.718. The van der Waals surface area contributed by atoms with Crippen LogP contribution in [0.3, 0.4) is 0 Å². The maximum absolute atomic E-state index is 10.2. The molecule has 0 bridgehead atoms. The van der Waals surface area contributed by atoms with E-state index in [2.05, 4.69) is 4.98 Å². The third-order valence-corrected chi connectivity index (χ3v) is 3.16. The number of hydrogen-bond acceptors (Lipinski definition) is 2. The van der Waals surface area contributed by atoms with E-state index in [0.717, 1.165) is 27.2 Å². The first kappa shape index (κ1) is 14.2. The summed E-state index contributed by atoms with van der Waals surface area (Å²) in [6.07, 6.45) is 0. The second-order valence-electron chi connectivity index (χ2n) is 4.41. The van der Waals surface area contributed by atoms with Crippen molar-refractivity contribution in [1.29, 1.82) is 0 Å². The molecule has 1 aromatic heterocycles. The Morgan fingerprint density at radius 3 is 1.90 bits per heavy atom. The topological polar surface area (TPSA) is 38.0 Å². The van der Waals surface area contributed by atoms with E-state index in [4.69, 9.17) is 0 Å². The maximum atomic E-state index is 10.2. The van der Waals surface area contributed by atoms with Crippen LogP contribution in [-0.2, 0) is 0 Å². The number of nitrogens with zero attached hydrogens (tertiary/aromatic N) is 2. The van der Waals surface area contributed by atoms with Gasteiger partial charge in [0.25, 0.3) is 0 Å². The van der Waals surface area contributed by atoms with Crippen LogP contribution in [0.4, 0.5) is 0 Å². The second-order valence-corrected chi connectivity index (χ2v) is 4.41. The van der Waals surface area contributed by atoms with Crippen LogP contribution in [-0.4, -0.2) is 14.9 Å². The second kappa shape index (κ2) is 5.80. The van der Waals surface area contributed by atoms with Gasteiger partial charge in [0.05, 0.1) is 11.4 Å². The third-order valence-electron chi connectivity index (χ3n) is 3.16. The van der Waals surface area contributed by atoms with Gasteiger partial charge in [-0.15, -0.1) is 12.4 Å². The Bertz CT molecular complexity index is 633. The van der Waals surface area contributed by atoms with Gasteiger partial charge in [0.2, 0.25) is 0 Å². The minimum atomic E-state index is 0. The van der Waals surface area contributed by atoms with Gasteiger partial charge in [-0.05, 0) is 6.92 Å². The standard InChI is InChI=1S/C16H14N2O.ClH/c1-12-15(13-8-4-2-5-9-13)17-16(18(12)19)14-10-6-3-7-11-14;/h2-11,19H,1H3;1H. The van der Waals surface area contributed by atoms with Crippen LogP contribution in [0.5, 0.6) is 0 Å². The van der Waals surface area contributed by atoms with Crippen molar-refractivity contribution >= 4 is 12.4 Å². The molecule has 1 heterocycles. The van der Waals surface area contributed by atoms with Crippen molar-refractivity contribution in [3.63, 3.8) is 0 Å². The highest BCUT2D eigenvalue weighted by molar-refractivity contribution is 5.85. The molecule has 3 nitrogen and oxygen atoms in total. The van der Waals surface area contributed by atoms with Crippen molar-refractivity contribution in [2.24, 2.45) is 0 Å². The summed E-state index contributed by atoms with van der Waals surface area (Å²) in [6.45, 7) is 1.86. The SMILES string of the molecule is Cc1c(-c2ccccc2)nc(-c2ccccc2)n1O.Cl. The lowest BCUT2D eigenvalue weighted by atomic mass is 10.1. The molecule has 0 saturated carbocycles. The Labute approximate surface area is 123 Å². The zero-order chi connectivity index (χ0) is 13.2. The van der Waals surface area contributed by atoms with E-state index >= 15 is 0 Å². The summed E-state index contributed by atoms with van der Waals surface area (Å²) in [5.74, 6) is 0.567. The van der Waals surface area contributed by atoms with Gasteiger partial charge in [-0.3, -0.25) is 0 Å². The molecule has 0 aliphatic heterocycles. The first-order valence-electron chi connectivity index (χ1n) is 6.17. The van der Waals surface area contributed by atoms with E-state index in [1.807, 2.05) is 67.6 Å². The molecule has 102 valence electrons. The first-order chi connectivity index (χ1) is 9.27. The van der Waals surface area contributed by atoms with E-state index in [1.165, 1.54) is 0 Å². The van der Waals surface area contributed by atoms with Crippen molar-refractivity contribution in [2.75, 3.05) is 0 Å². The molecule has 3 aromatic rings. The minimum absolute atomic E-state index is 0. The molecular formula is C16H15ClN2O. The summed E-state index contributed by atoms with van der Waals surface area (Å²) in [5, 5.41) is 10.2. The van der Waals surface area contributed by atoms with Crippen LogP contribution < -0.4 is 0 Å². The van der Waals surface area contributed by atoms with Crippen molar-refractivity contribution in [2.45, 2.75) is 6.92 Å². The van der Waals surface area contributed by atoms with Crippen LogP contribution >= 0.6 is 12.4 Å². The van der Waals surface area contributed by atoms with E-state index in [9.17, 15) is 5.21 Å². The van der Waals surface area contributed by atoms with Gasteiger partial charge in [0.15, 0.2) is 5.82 Å². The van der Waals surface area contributed by atoms with Crippen molar-refractivity contribution in [3.05, 3.63) is 66.4 Å². The average Bonchev–Trinajstić information content (AvgIpc) is 2.77. The highest BCUT2D eigenvalue weighted by Crippen LogP contribution is 2.27. The fourth-order valence-electron chi connectivity index (χ4n) is 2.14. The first-order valence-corrected chi connectivity index (χ1v) is 6.17. The molecule has 0 aliphatic carbocycles. The van der Waals surface area contributed by atoms with E-state index < -0.39 is 0 Å². The fraction of sp³-hybridized carbons (Fsp3) is 0.0625. The Kier molecular flexibility index (Phi) is 4.11. The van der Waals surface area contributed by atoms with Crippen molar-refractivity contribution in [3.8, 4) is 22.6 Å². The molecule has 0 fully saturated rings. The van der Waals surface area contributed by atoms with Crippen LogP contribution in [0.1, 0.15) is 5.69 Å². The average molecular weight is 287 g/mol. The maximum Gasteiger partial charge on any atom is 0.176 e. The summed E-state index contributed by atoms with van der Waals surface area (Å²) >= 11 is 0. The van der Waals surface area contributed by atoms with E-state index in [1.54, 1.807) is 0 Å². The molecule has 0 unspecified atom stereocenters. The number of rotatable bonds is 2. The molecule has 0 aliphatic rings. The Balaban J connectivity index is 0.00000147. The summed E-state index contributed by atoms with van der Waals surface area (Å²) in [7, 11) is 0. The number of imidazole rings is 1. The van der Waals surface area contributed by atoms with Gasteiger partial charge < -0.3 is 5.21 Å². The summed E-state index contributed by atoms with van der Waals surface area (Å²) in [6, 6.07) is 19.6. The molecule has 1 N–H and O–H groups in total. The van der Waals surface area contributed by atoms with Crippen molar-refractivity contribution < 1.29 is 5.21 Å². The van der Waals surface area contributed by atoms with Crippen LogP contribution in [0, 0.1) is 6.92 Å². The smallest absolute Gasteiger partial charge is 0.176 e. The highest BCUT2D eigenvalue weighted by Gasteiger charge is 2.15. The molecule has 2 aromatic carbocycles. The lowest BCUT2D eigenvalue weighted by Gasteiger charge is -2.00. The molecule has 0 radical (unpaired) electrons. The lowest BCUT2D eigenvalue weighted by Crippen LogP contribution is -1.96. The van der Waals surface area contributed by atoms with Gasteiger partial charge in [0.1, 0.15) is 0 Å². The normalized spacial score (nSPS) is 10.1. The minimum Gasteiger partial charge on any atom is -0.427 e. The molecule has 3 rings (SSSR count). The van der Waals surface area contributed by atoms with Gasteiger partial charge in [-0.2, -0.15) is 4.73 Å². The molecular weight excluding hydrogens is 272 g/mol. The fourth-order valence-corrected chi connectivity index (χ4v) is 2.14. The van der Waals surface area contributed by atoms with Gasteiger partial charge >= 0.3 is 0 Å². The summed E-state index contributed by atoms with van der Waals surface area (Å²) in [5.41, 5.74) is 3.45. The van der Waals surface area contributed by atoms with E-state index in [0.29, 0.717) is 5.82 Å². The zero-order valence-corrected chi connectivity index (χ0v) is 11.8. The third kappa shape index (κ3) is 2.40. The predicted molar refractivity (Wildman–Crippen MR) is 82.3 cm³/mol. The van der Waals surface area contributed by atoms with Crippen LogP contribution in [0.2, 0.25) is 0 Å². The largest absolute Gasteiger partial charge is 0.427 e. The number of hydrogen-bond donors (Lipinski definition) is 1.